The minimum atomic E-state index is -0.401. The number of hydrogen-bond donors (Lipinski definition) is 1. The number of piperidine rings is 1. The van der Waals surface area contributed by atoms with Gasteiger partial charge in [-0.2, -0.15) is 0 Å². The van der Waals surface area contributed by atoms with Gasteiger partial charge in [0.05, 0.1) is 0 Å². The van der Waals surface area contributed by atoms with Crippen molar-refractivity contribution in [2.24, 2.45) is 11.3 Å². The quantitative estimate of drug-likeness (QED) is 0.864. The first-order valence-corrected chi connectivity index (χ1v) is 8.43. The number of carbonyl (C=O) groups excluding carboxylic acids is 1. The van der Waals surface area contributed by atoms with Crippen LogP contribution < -0.4 is 5.32 Å². The zero-order valence-corrected chi connectivity index (χ0v) is 14.4. The largest absolute Gasteiger partial charge is 0.444 e. The molecule has 2 aliphatic rings. The van der Waals surface area contributed by atoms with E-state index in [-0.39, 0.29) is 6.09 Å². The van der Waals surface area contributed by atoms with Crippen molar-refractivity contribution in [1.82, 2.24) is 10.2 Å². The predicted molar refractivity (Wildman–Crippen MR) is 85.3 cm³/mol. The lowest BCUT2D eigenvalue weighted by molar-refractivity contribution is 0.0196. The van der Waals surface area contributed by atoms with Crippen molar-refractivity contribution in [2.45, 2.75) is 71.9 Å². The fraction of sp³-hybridized carbons (Fsp3) is 0.941. The third-order valence-corrected chi connectivity index (χ3v) is 5.01. The Hall–Kier alpha value is -0.770. The molecule has 2 fully saturated rings. The Morgan fingerprint density at radius 3 is 2.29 bits per heavy atom. The van der Waals surface area contributed by atoms with Crippen LogP contribution in [0.5, 0.6) is 0 Å². The number of hydrogen-bond acceptors (Lipinski definition) is 3. The summed E-state index contributed by atoms with van der Waals surface area (Å²) in [6.07, 6.45) is 4.64. The van der Waals surface area contributed by atoms with E-state index in [0.29, 0.717) is 11.5 Å². The number of carbonyl (C=O) groups is 1. The first kappa shape index (κ1) is 16.6. The molecule has 1 N–H and O–H groups in total. The van der Waals surface area contributed by atoms with Crippen LogP contribution in [0.1, 0.15) is 60.3 Å². The van der Waals surface area contributed by atoms with Crippen molar-refractivity contribution in [3.63, 3.8) is 0 Å². The summed E-state index contributed by atoms with van der Waals surface area (Å²) in [7, 11) is 0. The highest BCUT2D eigenvalue weighted by Crippen LogP contribution is 2.51. The van der Waals surface area contributed by atoms with Gasteiger partial charge in [-0.25, -0.2) is 4.79 Å². The SMILES string of the molecule is CC(C)C1(CNC2CCN(C(=O)OC(C)(C)C)CC2)CC1. The second-order valence-electron chi connectivity index (χ2n) is 8.14. The number of amides is 1. The molecule has 1 saturated heterocycles. The van der Waals surface area contributed by atoms with Gasteiger partial charge in [0, 0.05) is 25.7 Å². The second kappa shape index (κ2) is 6.15. The van der Waals surface area contributed by atoms with Crippen molar-refractivity contribution < 1.29 is 9.53 Å². The minimum absolute atomic E-state index is 0.165. The smallest absolute Gasteiger partial charge is 0.410 e. The number of ether oxygens (including phenoxy) is 1. The van der Waals surface area contributed by atoms with E-state index in [4.69, 9.17) is 4.74 Å². The molecule has 122 valence electrons. The molecule has 0 aromatic carbocycles. The highest BCUT2D eigenvalue weighted by molar-refractivity contribution is 5.68. The van der Waals surface area contributed by atoms with Crippen LogP contribution in [-0.4, -0.2) is 42.3 Å². The number of nitrogens with one attached hydrogen (secondary N) is 1. The summed E-state index contributed by atoms with van der Waals surface area (Å²) in [4.78, 5) is 13.9. The molecule has 0 aromatic heterocycles. The van der Waals surface area contributed by atoms with Crippen molar-refractivity contribution in [2.75, 3.05) is 19.6 Å². The van der Waals surface area contributed by atoms with Crippen LogP contribution in [0.25, 0.3) is 0 Å². The molecule has 21 heavy (non-hydrogen) atoms. The van der Waals surface area contributed by atoms with Crippen molar-refractivity contribution >= 4 is 6.09 Å². The summed E-state index contributed by atoms with van der Waals surface area (Å²) in [5.74, 6) is 0.770. The van der Waals surface area contributed by atoms with Crippen LogP contribution in [0, 0.1) is 11.3 Å². The van der Waals surface area contributed by atoms with E-state index in [0.717, 1.165) is 38.4 Å². The third kappa shape index (κ3) is 4.60. The first-order chi connectivity index (χ1) is 9.72. The Balaban J connectivity index is 1.70. The predicted octanol–water partition coefficient (Wildman–Crippen LogP) is 3.41. The van der Waals surface area contributed by atoms with E-state index >= 15 is 0 Å². The van der Waals surface area contributed by atoms with Gasteiger partial charge in [-0.3, -0.25) is 0 Å². The monoisotopic (exact) mass is 296 g/mol. The van der Waals surface area contributed by atoms with Gasteiger partial charge >= 0.3 is 6.09 Å². The van der Waals surface area contributed by atoms with Crippen molar-refractivity contribution in [1.29, 1.82) is 0 Å². The van der Waals surface area contributed by atoms with E-state index < -0.39 is 5.60 Å². The van der Waals surface area contributed by atoms with Gasteiger partial charge in [-0.15, -0.1) is 0 Å². The molecule has 0 radical (unpaired) electrons. The Kier molecular flexibility index (Phi) is 4.86. The van der Waals surface area contributed by atoms with Gasteiger partial charge in [0.25, 0.3) is 0 Å². The van der Waals surface area contributed by atoms with Crippen LogP contribution >= 0.6 is 0 Å². The van der Waals surface area contributed by atoms with Crippen molar-refractivity contribution in [3.05, 3.63) is 0 Å². The van der Waals surface area contributed by atoms with E-state index in [1.807, 2.05) is 25.7 Å². The van der Waals surface area contributed by atoms with Gasteiger partial charge in [-0.05, 0) is 57.8 Å². The molecule has 0 spiro atoms. The molecule has 0 aromatic rings. The molecule has 1 saturated carbocycles. The molecule has 1 aliphatic carbocycles. The Morgan fingerprint density at radius 1 is 1.29 bits per heavy atom. The summed E-state index contributed by atoms with van der Waals surface area (Å²) >= 11 is 0. The molecule has 2 rings (SSSR count). The van der Waals surface area contributed by atoms with E-state index in [2.05, 4.69) is 19.2 Å². The maximum absolute atomic E-state index is 12.0. The van der Waals surface area contributed by atoms with Crippen molar-refractivity contribution in [3.8, 4) is 0 Å². The molecule has 1 amide bonds. The molecule has 0 unspecified atom stereocenters. The lowest BCUT2D eigenvalue weighted by Crippen LogP contribution is -2.47. The maximum Gasteiger partial charge on any atom is 0.410 e. The molecular formula is C17H32N2O2. The molecule has 0 bridgehead atoms. The molecule has 1 aliphatic heterocycles. The fourth-order valence-corrected chi connectivity index (χ4v) is 3.06. The fourth-order valence-electron chi connectivity index (χ4n) is 3.06. The van der Waals surface area contributed by atoms with Crippen LogP contribution in [0.2, 0.25) is 0 Å². The van der Waals surface area contributed by atoms with Gasteiger partial charge in [0.2, 0.25) is 0 Å². The van der Waals surface area contributed by atoms with E-state index in [1.54, 1.807) is 0 Å². The summed E-state index contributed by atoms with van der Waals surface area (Å²) in [6.45, 7) is 13.2. The zero-order chi connectivity index (χ0) is 15.7. The highest BCUT2D eigenvalue weighted by Gasteiger charge is 2.45. The maximum atomic E-state index is 12.0. The van der Waals surface area contributed by atoms with Gasteiger partial charge < -0.3 is 15.0 Å². The standard InChI is InChI=1S/C17H32N2O2/c1-13(2)17(8-9-17)12-18-14-6-10-19(11-7-14)15(20)21-16(3,4)5/h13-14,18H,6-12H2,1-5H3. The topological polar surface area (TPSA) is 41.6 Å². The summed E-state index contributed by atoms with van der Waals surface area (Å²) in [5.41, 5.74) is 0.157. The second-order valence-corrected chi connectivity index (χ2v) is 8.14. The lowest BCUT2D eigenvalue weighted by atomic mass is 9.91. The summed E-state index contributed by atoms with van der Waals surface area (Å²) in [6, 6.07) is 0.555. The first-order valence-electron chi connectivity index (χ1n) is 8.43. The zero-order valence-electron chi connectivity index (χ0n) is 14.4. The van der Waals surface area contributed by atoms with Gasteiger partial charge in [-0.1, -0.05) is 13.8 Å². The molecule has 1 heterocycles. The van der Waals surface area contributed by atoms with Crippen LogP contribution in [0.3, 0.4) is 0 Å². The van der Waals surface area contributed by atoms with Gasteiger partial charge in [0.15, 0.2) is 0 Å². The van der Waals surface area contributed by atoms with E-state index in [1.165, 1.54) is 12.8 Å². The Bertz CT molecular complexity index is 361. The average molecular weight is 296 g/mol. The van der Waals surface area contributed by atoms with E-state index in [9.17, 15) is 4.79 Å². The molecule has 0 atom stereocenters. The van der Waals surface area contributed by atoms with Crippen LogP contribution in [0.4, 0.5) is 4.79 Å². The average Bonchev–Trinajstić information content (AvgIpc) is 3.16. The third-order valence-electron chi connectivity index (χ3n) is 5.01. The lowest BCUT2D eigenvalue weighted by Gasteiger charge is -2.34. The number of likely N-dealkylation sites (tertiary alicyclic amines) is 1. The molecule has 4 nitrogen and oxygen atoms in total. The van der Waals surface area contributed by atoms with Crippen LogP contribution in [0.15, 0.2) is 0 Å². The Labute approximate surface area is 129 Å². The van der Waals surface area contributed by atoms with Crippen LogP contribution in [-0.2, 0) is 4.74 Å². The van der Waals surface area contributed by atoms with Gasteiger partial charge in [0.1, 0.15) is 5.60 Å². The minimum Gasteiger partial charge on any atom is -0.444 e. The number of nitrogens with zero attached hydrogens (tertiary/aromatic N) is 1. The normalized spacial score (nSPS) is 22.5. The summed E-state index contributed by atoms with van der Waals surface area (Å²) in [5, 5.41) is 3.73. The number of rotatable bonds is 4. The summed E-state index contributed by atoms with van der Waals surface area (Å²) < 4.78 is 5.43. The molecule has 4 heteroatoms. The molecular weight excluding hydrogens is 264 g/mol. The Morgan fingerprint density at radius 2 is 1.86 bits per heavy atom. The highest BCUT2D eigenvalue weighted by atomic mass is 16.6.